The van der Waals surface area contributed by atoms with Gasteiger partial charge in [0.2, 0.25) is 15.9 Å². The lowest BCUT2D eigenvalue weighted by molar-refractivity contribution is -0.0690. The first-order chi connectivity index (χ1) is 13.4. The number of hydrogen-bond donors (Lipinski definition) is 0. The number of sulfonamides is 1. The van der Waals surface area contributed by atoms with Crippen molar-refractivity contribution in [3.8, 4) is 5.88 Å². The van der Waals surface area contributed by atoms with Gasteiger partial charge >= 0.3 is 0 Å². The van der Waals surface area contributed by atoms with Gasteiger partial charge in [-0.05, 0) is 50.5 Å². The molecular formula is C20H29N3O4S. The molecule has 2 unspecified atom stereocenters. The Morgan fingerprint density at radius 1 is 1.21 bits per heavy atom. The van der Waals surface area contributed by atoms with Crippen LogP contribution in [0, 0.1) is 12.3 Å². The van der Waals surface area contributed by atoms with Crippen molar-refractivity contribution in [3.63, 3.8) is 0 Å². The lowest BCUT2D eigenvalue weighted by Gasteiger charge is -2.55. The summed E-state index contributed by atoms with van der Waals surface area (Å²) in [7, 11) is -1.97. The lowest BCUT2D eigenvalue weighted by atomic mass is 9.60. The number of likely N-dealkylation sites (tertiary alicyclic amines) is 1. The van der Waals surface area contributed by atoms with Crippen LogP contribution in [0.25, 0.3) is 0 Å². The van der Waals surface area contributed by atoms with Gasteiger partial charge in [-0.2, -0.15) is 4.31 Å². The van der Waals surface area contributed by atoms with Gasteiger partial charge in [-0.1, -0.05) is 0 Å². The van der Waals surface area contributed by atoms with Crippen LogP contribution in [0.15, 0.2) is 17.0 Å². The van der Waals surface area contributed by atoms with E-state index in [1.165, 1.54) is 26.4 Å². The van der Waals surface area contributed by atoms with Gasteiger partial charge in [0.05, 0.1) is 25.5 Å². The Morgan fingerprint density at radius 3 is 2.54 bits per heavy atom. The van der Waals surface area contributed by atoms with E-state index in [9.17, 15) is 8.42 Å². The summed E-state index contributed by atoms with van der Waals surface area (Å²) in [5.41, 5.74) is 0.835. The Morgan fingerprint density at radius 2 is 1.96 bits per heavy atom. The number of methoxy groups -OCH3 is 1. The van der Waals surface area contributed by atoms with E-state index in [2.05, 4.69) is 9.88 Å². The maximum Gasteiger partial charge on any atom is 0.244 e. The number of ether oxygens (including phenoxy) is 2. The van der Waals surface area contributed by atoms with Crippen LogP contribution in [-0.2, 0) is 14.8 Å². The van der Waals surface area contributed by atoms with Crippen molar-refractivity contribution in [1.29, 1.82) is 0 Å². The summed E-state index contributed by atoms with van der Waals surface area (Å²) in [6.07, 6.45) is 6.01. The molecule has 3 saturated heterocycles. The Hall–Kier alpha value is -1.22. The predicted octanol–water partition coefficient (Wildman–Crippen LogP) is 1.81. The van der Waals surface area contributed by atoms with E-state index < -0.39 is 10.0 Å². The van der Waals surface area contributed by atoms with E-state index in [4.69, 9.17) is 9.47 Å². The van der Waals surface area contributed by atoms with Crippen molar-refractivity contribution < 1.29 is 17.9 Å². The smallest absolute Gasteiger partial charge is 0.244 e. The normalized spacial score (nSPS) is 30.6. The molecule has 1 spiro atoms. The minimum Gasteiger partial charge on any atom is -0.481 e. The van der Waals surface area contributed by atoms with Crippen LogP contribution in [0.1, 0.15) is 37.8 Å². The number of aryl methyl sites for hydroxylation is 1. The third-order valence-corrected chi connectivity index (χ3v) is 9.40. The second-order valence-electron chi connectivity index (χ2n) is 8.94. The molecule has 154 valence electrons. The summed E-state index contributed by atoms with van der Waals surface area (Å²) in [6.45, 7) is 4.93. The molecule has 3 aliphatic heterocycles. The van der Waals surface area contributed by atoms with E-state index in [0.29, 0.717) is 53.2 Å². The minimum atomic E-state index is -3.50. The maximum atomic E-state index is 13.1. The molecule has 1 aromatic rings. The average Bonchev–Trinajstić information content (AvgIpc) is 3.29. The fourth-order valence-electron chi connectivity index (χ4n) is 5.71. The minimum absolute atomic E-state index is 0.295. The van der Waals surface area contributed by atoms with Crippen molar-refractivity contribution in [2.24, 2.45) is 5.41 Å². The topological polar surface area (TPSA) is 72.0 Å². The van der Waals surface area contributed by atoms with Crippen LogP contribution in [0.3, 0.4) is 0 Å². The van der Waals surface area contributed by atoms with Crippen LogP contribution in [0.4, 0.5) is 0 Å². The van der Waals surface area contributed by atoms with E-state index in [1.54, 1.807) is 23.4 Å². The third-order valence-electron chi connectivity index (χ3n) is 7.37. The van der Waals surface area contributed by atoms with Gasteiger partial charge in [-0.3, -0.25) is 4.90 Å². The zero-order valence-corrected chi connectivity index (χ0v) is 17.5. The SMILES string of the molecule is COc1ccc(S(=O)(=O)N2CCC3(CC2)CC(N2CC4CC2CO4)C3)c(C)n1. The van der Waals surface area contributed by atoms with Gasteiger partial charge in [0.1, 0.15) is 4.90 Å². The van der Waals surface area contributed by atoms with Gasteiger partial charge in [-0.25, -0.2) is 13.4 Å². The molecular weight excluding hydrogens is 378 g/mol. The molecule has 5 rings (SSSR count). The van der Waals surface area contributed by atoms with Crippen molar-refractivity contribution in [3.05, 3.63) is 17.8 Å². The Bertz CT molecular complexity index is 858. The molecule has 2 atom stereocenters. The molecule has 2 bridgehead atoms. The first kappa shape index (κ1) is 18.8. The summed E-state index contributed by atoms with van der Waals surface area (Å²) < 4.78 is 38.7. The first-order valence-electron chi connectivity index (χ1n) is 10.3. The zero-order chi connectivity index (χ0) is 19.5. The first-order valence-corrected chi connectivity index (χ1v) is 11.7. The summed E-state index contributed by atoms with van der Waals surface area (Å²) >= 11 is 0. The van der Waals surface area contributed by atoms with E-state index in [-0.39, 0.29) is 0 Å². The van der Waals surface area contributed by atoms with Crippen LogP contribution < -0.4 is 4.74 Å². The summed E-state index contributed by atoms with van der Waals surface area (Å²) in [4.78, 5) is 7.19. The number of hydrogen-bond acceptors (Lipinski definition) is 6. The van der Waals surface area contributed by atoms with Crippen molar-refractivity contribution in [1.82, 2.24) is 14.2 Å². The standard InChI is InChI=1S/C20H29N3O4S/c1-14-18(3-4-19(21-14)26-2)28(24,25)22-7-5-20(6-8-22)10-16(11-20)23-12-17-9-15(23)13-27-17/h3-4,15-17H,5-13H2,1-2H3. The van der Waals surface area contributed by atoms with Crippen LogP contribution in [0.2, 0.25) is 0 Å². The molecule has 0 N–H and O–H groups in total. The number of pyridine rings is 1. The van der Waals surface area contributed by atoms with Gasteiger partial charge in [0, 0.05) is 37.8 Å². The fraction of sp³-hybridized carbons (Fsp3) is 0.750. The molecule has 1 aromatic heterocycles. The number of aromatic nitrogens is 1. The molecule has 1 saturated carbocycles. The summed E-state index contributed by atoms with van der Waals surface area (Å²) in [5, 5.41) is 0. The monoisotopic (exact) mass is 407 g/mol. The average molecular weight is 408 g/mol. The molecule has 1 aliphatic carbocycles. The molecule has 7 nitrogen and oxygen atoms in total. The third kappa shape index (κ3) is 2.96. The van der Waals surface area contributed by atoms with Gasteiger partial charge < -0.3 is 9.47 Å². The second-order valence-corrected chi connectivity index (χ2v) is 10.9. The maximum absolute atomic E-state index is 13.1. The highest BCUT2D eigenvalue weighted by molar-refractivity contribution is 7.89. The molecule has 28 heavy (non-hydrogen) atoms. The number of fused-ring (bicyclic) bond motifs is 2. The van der Waals surface area contributed by atoms with Crippen molar-refractivity contribution in [2.75, 3.05) is 33.4 Å². The van der Waals surface area contributed by atoms with Gasteiger partial charge in [-0.15, -0.1) is 0 Å². The molecule has 4 fully saturated rings. The molecule has 4 aliphatic rings. The van der Waals surface area contributed by atoms with E-state index >= 15 is 0 Å². The Labute approximate surface area is 167 Å². The lowest BCUT2D eigenvalue weighted by Crippen LogP contribution is -2.57. The van der Waals surface area contributed by atoms with Gasteiger partial charge in [0.25, 0.3) is 0 Å². The summed E-state index contributed by atoms with van der Waals surface area (Å²) in [5.74, 6) is 0.440. The van der Waals surface area contributed by atoms with E-state index in [0.717, 1.165) is 26.0 Å². The molecule has 0 amide bonds. The van der Waals surface area contributed by atoms with Crippen LogP contribution >= 0.6 is 0 Å². The van der Waals surface area contributed by atoms with Crippen LogP contribution in [-0.4, -0.2) is 74.1 Å². The van der Waals surface area contributed by atoms with E-state index in [1.807, 2.05) is 0 Å². The Kier molecular flexibility index (Phi) is 4.46. The van der Waals surface area contributed by atoms with Crippen LogP contribution in [0.5, 0.6) is 5.88 Å². The highest BCUT2D eigenvalue weighted by atomic mass is 32.2. The zero-order valence-electron chi connectivity index (χ0n) is 16.6. The number of piperidine rings is 1. The Balaban J connectivity index is 1.22. The molecule has 0 radical (unpaired) electrons. The number of nitrogens with zero attached hydrogens (tertiary/aromatic N) is 3. The quantitative estimate of drug-likeness (QED) is 0.758. The highest BCUT2D eigenvalue weighted by Gasteiger charge is 2.53. The fourth-order valence-corrected chi connectivity index (χ4v) is 7.31. The molecule has 8 heteroatoms. The molecule has 4 heterocycles. The van der Waals surface area contributed by atoms with Crippen molar-refractivity contribution in [2.45, 2.75) is 62.1 Å². The largest absolute Gasteiger partial charge is 0.481 e. The van der Waals surface area contributed by atoms with Crippen molar-refractivity contribution >= 4 is 10.0 Å². The predicted molar refractivity (Wildman–Crippen MR) is 104 cm³/mol. The molecule has 0 aromatic carbocycles. The highest BCUT2D eigenvalue weighted by Crippen LogP contribution is 2.53. The van der Waals surface area contributed by atoms with Gasteiger partial charge in [0.15, 0.2) is 0 Å². The number of rotatable bonds is 4. The summed E-state index contributed by atoms with van der Waals surface area (Å²) in [6, 6.07) is 4.54. The number of morpholine rings is 1. The second kappa shape index (κ2) is 6.65.